The SMILES string of the molecule is O=C(NCCC1CCCNC1)c1cccc(OCc2cccs2)c1. The lowest BCUT2D eigenvalue weighted by Crippen LogP contribution is -2.33. The van der Waals surface area contributed by atoms with E-state index in [9.17, 15) is 4.79 Å². The number of ether oxygens (including phenoxy) is 1. The van der Waals surface area contributed by atoms with E-state index in [1.54, 1.807) is 11.3 Å². The molecule has 1 fully saturated rings. The molecule has 128 valence electrons. The quantitative estimate of drug-likeness (QED) is 0.809. The molecule has 1 aromatic carbocycles. The Hall–Kier alpha value is -1.85. The van der Waals surface area contributed by atoms with Crippen molar-refractivity contribution in [3.63, 3.8) is 0 Å². The number of amides is 1. The highest BCUT2D eigenvalue weighted by atomic mass is 32.1. The highest BCUT2D eigenvalue weighted by Gasteiger charge is 2.13. The van der Waals surface area contributed by atoms with Gasteiger partial charge in [-0.3, -0.25) is 4.79 Å². The second-order valence-electron chi connectivity index (χ2n) is 6.15. The number of carbonyl (C=O) groups is 1. The predicted octanol–water partition coefficient (Wildman–Crippen LogP) is 3.45. The van der Waals surface area contributed by atoms with Crippen LogP contribution in [0.25, 0.3) is 0 Å². The molecule has 2 N–H and O–H groups in total. The lowest BCUT2D eigenvalue weighted by Gasteiger charge is -2.22. The van der Waals surface area contributed by atoms with Crippen LogP contribution in [0.5, 0.6) is 5.75 Å². The molecule has 0 spiro atoms. The van der Waals surface area contributed by atoms with Crippen LogP contribution < -0.4 is 15.4 Å². The maximum absolute atomic E-state index is 12.3. The number of nitrogens with one attached hydrogen (secondary N) is 2. The minimum absolute atomic E-state index is 0.0275. The number of hydrogen-bond donors (Lipinski definition) is 2. The van der Waals surface area contributed by atoms with Crippen LogP contribution in [0.2, 0.25) is 0 Å². The molecule has 1 aromatic heterocycles. The maximum atomic E-state index is 12.3. The zero-order chi connectivity index (χ0) is 16.6. The third-order valence-corrected chi connectivity index (χ3v) is 5.14. The standard InChI is InChI=1S/C19H24N2O2S/c22-19(21-10-8-15-4-2-9-20-13-15)16-5-1-6-17(12-16)23-14-18-7-3-11-24-18/h1,3,5-7,11-12,15,20H,2,4,8-10,13-14H2,(H,21,22). The second-order valence-corrected chi connectivity index (χ2v) is 7.19. The summed E-state index contributed by atoms with van der Waals surface area (Å²) in [7, 11) is 0. The number of hydrogen-bond acceptors (Lipinski definition) is 4. The number of thiophene rings is 1. The fourth-order valence-electron chi connectivity index (χ4n) is 2.94. The molecule has 1 aliphatic rings. The van der Waals surface area contributed by atoms with E-state index in [1.807, 2.05) is 41.8 Å². The van der Waals surface area contributed by atoms with E-state index in [2.05, 4.69) is 10.6 Å². The predicted molar refractivity (Wildman–Crippen MR) is 97.6 cm³/mol. The zero-order valence-corrected chi connectivity index (χ0v) is 14.6. The molecule has 0 bridgehead atoms. The molecular weight excluding hydrogens is 320 g/mol. The van der Waals surface area contributed by atoms with Gasteiger partial charge >= 0.3 is 0 Å². The minimum atomic E-state index is -0.0275. The Morgan fingerprint density at radius 2 is 2.29 bits per heavy atom. The van der Waals surface area contributed by atoms with Crippen molar-refractivity contribution < 1.29 is 9.53 Å². The minimum Gasteiger partial charge on any atom is -0.488 e. The Bertz CT molecular complexity index is 637. The van der Waals surface area contributed by atoms with Gasteiger partial charge in [-0.25, -0.2) is 0 Å². The van der Waals surface area contributed by atoms with Gasteiger partial charge in [-0.05, 0) is 67.9 Å². The molecule has 1 amide bonds. The molecule has 1 aliphatic heterocycles. The van der Waals surface area contributed by atoms with E-state index < -0.39 is 0 Å². The van der Waals surface area contributed by atoms with Gasteiger partial charge in [0.15, 0.2) is 0 Å². The van der Waals surface area contributed by atoms with Crippen LogP contribution in [0.1, 0.15) is 34.5 Å². The first-order valence-electron chi connectivity index (χ1n) is 8.55. The molecule has 0 radical (unpaired) electrons. The first-order chi connectivity index (χ1) is 11.8. The van der Waals surface area contributed by atoms with Crippen molar-refractivity contribution in [3.8, 4) is 5.75 Å². The fourth-order valence-corrected chi connectivity index (χ4v) is 3.55. The molecule has 3 rings (SSSR count). The van der Waals surface area contributed by atoms with Crippen molar-refractivity contribution in [2.75, 3.05) is 19.6 Å². The van der Waals surface area contributed by atoms with E-state index in [0.717, 1.165) is 31.8 Å². The highest BCUT2D eigenvalue weighted by Crippen LogP contribution is 2.17. The topological polar surface area (TPSA) is 50.4 Å². The summed E-state index contributed by atoms with van der Waals surface area (Å²) in [6, 6.07) is 11.4. The van der Waals surface area contributed by atoms with Gasteiger partial charge in [-0.2, -0.15) is 0 Å². The normalized spacial score (nSPS) is 17.4. The number of carbonyl (C=O) groups excluding carboxylic acids is 1. The van der Waals surface area contributed by atoms with E-state index in [4.69, 9.17) is 4.74 Å². The Morgan fingerprint density at radius 1 is 1.33 bits per heavy atom. The summed E-state index contributed by atoms with van der Waals surface area (Å²) in [6.45, 7) is 3.46. The van der Waals surface area contributed by atoms with Gasteiger partial charge in [-0.1, -0.05) is 12.1 Å². The van der Waals surface area contributed by atoms with Crippen molar-refractivity contribution in [3.05, 3.63) is 52.2 Å². The molecule has 2 aromatic rings. The molecule has 0 aliphatic carbocycles. The maximum Gasteiger partial charge on any atom is 0.251 e. The van der Waals surface area contributed by atoms with Crippen molar-refractivity contribution in [2.24, 2.45) is 5.92 Å². The summed E-state index contributed by atoms with van der Waals surface area (Å²) in [5, 5.41) is 8.46. The average Bonchev–Trinajstić information content (AvgIpc) is 3.15. The summed E-state index contributed by atoms with van der Waals surface area (Å²) in [5.74, 6) is 1.38. The van der Waals surface area contributed by atoms with Gasteiger partial charge in [0.25, 0.3) is 5.91 Å². The van der Waals surface area contributed by atoms with Gasteiger partial charge in [0, 0.05) is 17.0 Å². The van der Waals surface area contributed by atoms with Crippen LogP contribution in [0, 0.1) is 5.92 Å². The first-order valence-corrected chi connectivity index (χ1v) is 9.43. The zero-order valence-electron chi connectivity index (χ0n) is 13.8. The lowest BCUT2D eigenvalue weighted by molar-refractivity contribution is 0.0950. The molecular formula is C19H24N2O2S. The highest BCUT2D eigenvalue weighted by molar-refractivity contribution is 7.09. The monoisotopic (exact) mass is 344 g/mol. The van der Waals surface area contributed by atoms with Gasteiger partial charge in [0.05, 0.1) is 0 Å². The summed E-state index contributed by atoms with van der Waals surface area (Å²) < 4.78 is 5.76. The van der Waals surface area contributed by atoms with Crippen LogP contribution in [-0.4, -0.2) is 25.5 Å². The van der Waals surface area contributed by atoms with E-state index in [-0.39, 0.29) is 5.91 Å². The largest absolute Gasteiger partial charge is 0.488 e. The Labute approximate surface area is 147 Å². The van der Waals surface area contributed by atoms with E-state index in [0.29, 0.717) is 18.1 Å². The van der Waals surface area contributed by atoms with Crippen molar-refractivity contribution >= 4 is 17.2 Å². The molecule has 4 nitrogen and oxygen atoms in total. The van der Waals surface area contributed by atoms with Crippen molar-refractivity contribution in [1.29, 1.82) is 0 Å². The molecule has 1 atom stereocenters. The van der Waals surface area contributed by atoms with Crippen molar-refractivity contribution in [1.82, 2.24) is 10.6 Å². The number of benzene rings is 1. The van der Waals surface area contributed by atoms with Crippen molar-refractivity contribution in [2.45, 2.75) is 25.9 Å². The molecule has 0 saturated carbocycles. The summed E-state index contributed by atoms with van der Waals surface area (Å²) in [4.78, 5) is 13.5. The molecule has 1 saturated heterocycles. The summed E-state index contributed by atoms with van der Waals surface area (Å²) in [5.41, 5.74) is 0.653. The average molecular weight is 344 g/mol. The first kappa shape index (κ1) is 17.0. The number of piperidine rings is 1. The fraction of sp³-hybridized carbons (Fsp3) is 0.421. The van der Waals surface area contributed by atoms with Crippen LogP contribution in [-0.2, 0) is 6.61 Å². The van der Waals surface area contributed by atoms with Crippen LogP contribution in [0.15, 0.2) is 41.8 Å². The van der Waals surface area contributed by atoms with Gasteiger partial charge in [-0.15, -0.1) is 11.3 Å². The number of rotatable bonds is 7. The van der Waals surface area contributed by atoms with E-state index in [1.165, 1.54) is 17.7 Å². The third kappa shape index (κ3) is 5.08. The molecule has 24 heavy (non-hydrogen) atoms. The van der Waals surface area contributed by atoms with Crippen LogP contribution in [0.4, 0.5) is 0 Å². The van der Waals surface area contributed by atoms with Gasteiger partial charge in [0.1, 0.15) is 12.4 Å². The van der Waals surface area contributed by atoms with Crippen LogP contribution >= 0.6 is 11.3 Å². The Balaban J connectivity index is 1.46. The molecule has 2 heterocycles. The lowest BCUT2D eigenvalue weighted by atomic mass is 9.96. The van der Waals surface area contributed by atoms with Gasteiger partial charge in [0.2, 0.25) is 0 Å². The summed E-state index contributed by atoms with van der Waals surface area (Å²) in [6.07, 6.45) is 3.53. The second kappa shape index (κ2) is 8.85. The van der Waals surface area contributed by atoms with Crippen LogP contribution in [0.3, 0.4) is 0 Å². The van der Waals surface area contributed by atoms with E-state index >= 15 is 0 Å². The Kier molecular flexibility index (Phi) is 6.26. The molecule has 5 heteroatoms. The third-order valence-electron chi connectivity index (χ3n) is 4.29. The summed E-state index contributed by atoms with van der Waals surface area (Å²) >= 11 is 1.67. The Morgan fingerprint density at radius 3 is 3.08 bits per heavy atom. The van der Waals surface area contributed by atoms with Gasteiger partial charge < -0.3 is 15.4 Å². The smallest absolute Gasteiger partial charge is 0.251 e. The molecule has 1 unspecified atom stereocenters.